The van der Waals surface area contributed by atoms with Crippen LogP contribution in [0.3, 0.4) is 0 Å². The average Bonchev–Trinajstić information content (AvgIpc) is 2.75. The average molecular weight is 420 g/mol. The number of benzene rings is 2. The molecule has 0 atom stereocenters. The van der Waals surface area contributed by atoms with Gasteiger partial charge in [-0.15, -0.1) is 0 Å². The van der Waals surface area contributed by atoms with E-state index in [9.17, 15) is 9.18 Å². The highest BCUT2D eigenvalue weighted by Crippen LogP contribution is 2.20. The Morgan fingerprint density at radius 2 is 1.68 bits per heavy atom. The molecule has 1 fully saturated rings. The lowest BCUT2D eigenvalue weighted by Crippen LogP contribution is -2.50. The first-order valence-corrected chi connectivity index (χ1v) is 10.2. The molecule has 3 aromatic rings. The lowest BCUT2D eigenvalue weighted by Gasteiger charge is -2.35. The molecule has 2 amide bonds. The lowest BCUT2D eigenvalue weighted by molar-refractivity contribution is 0.208. The quantitative estimate of drug-likeness (QED) is 0.657. The smallest absolute Gasteiger partial charge is 0.321 e. The summed E-state index contributed by atoms with van der Waals surface area (Å²) in [5, 5.41) is 6.01. The van der Waals surface area contributed by atoms with E-state index in [1.54, 1.807) is 17.0 Å². The summed E-state index contributed by atoms with van der Waals surface area (Å²) >= 11 is 0. The normalized spacial score (nSPS) is 13.8. The fraction of sp³-hybridized carbons (Fsp3) is 0.261. The molecule has 1 aromatic heterocycles. The molecule has 160 valence electrons. The highest BCUT2D eigenvalue weighted by molar-refractivity contribution is 5.89. The Morgan fingerprint density at radius 3 is 2.39 bits per heavy atom. The maximum atomic E-state index is 13.3. The second kappa shape index (κ2) is 8.99. The molecule has 0 saturated carbocycles. The summed E-state index contributed by atoms with van der Waals surface area (Å²) in [6.45, 7) is 6.38. The van der Waals surface area contributed by atoms with Gasteiger partial charge in [0.2, 0.25) is 5.95 Å². The monoisotopic (exact) mass is 420 g/mol. The van der Waals surface area contributed by atoms with E-state index in [-0.39, 0.29) is 11.8 Å². The van der Waals surface area contributed by atoms with E-state index in [1.165, 1.54) is 17.7 Å². The Kier molecular flexibility index (Phi) is 5.97. The van der Waals surface area contributed by atoms with Gasteiger partial charge < -0.3 is 20.4 Å². The molecule has 1 aliphatic heterocycles. The van der Waals surface area contributed by atoms with Crippen LogP contribution in [0.25, 0.3) is 0 Å². The van der Waals surface area contributed by atoms with Crippen molar-refractivity contribution in [3.05, 3.63) is 71.7 Å². The zero-order valence-corrected chi connectivity index (χ0v) is 17.6. The summed E-state index contributed by atoms with van der Waals surface area (Å²) in [6.07, 6.45) is 0. The minimum atomic E-state index is -0.378. The number of halogens is 1. The third-order valence-corrected chi connectivity index (χ3v) is 5.12. The molecular weight excluding hydrogens is 395 g/mol. The second-order valence-electron chi connectivity index (χ2n) is 7.60. The van der Waals surface area contributed by atoms with Gasteiger partial charge in [-0.05, 0) is 44.2 Å². The summed E-state index contributed by atoms with van der Waals surface area (Å²) in [7, 11) is 0. The molecular formula is C23H25FN6O. The van der Waals surface area contributed by atoms with Gasteiger partial charge in [0.25, 0.3) is 0 Å². The van der Waals surface area contributed by atoms with Crippen LogP contribution >= 0.6 is 0 Å². The Hall–Kier alpha value is -3.68. The van der Waals surface area contributed by atoms with Crippen LogP contribution in [-0.4, -0.2) is 47.1 Å². The van der Waals surface area contributed by atoms with Gasteiger partial charge in [-0.1, -0.05) is 23.8 Å². The van der Waals surface area contributed by atoms with Gasteiger partial charge >= 0.3 is 6.03 Å². The van der Waals surface area contributed by atoms with Crippen LogP contribution in [0.2, 0.25) is 0 Å². The van der Waals surface area contributed by atoms with Crippen molar-refractivity contribution in [1.82, 2.24) is 14.9 Å². The minimum absolute atomic E-state index is 0.231. The number of urea groups is 1. The number of aromatic nitrogens is 2. The fourth-order valence-electron chi connectivity index (χ4n) is 3.44. The zero-order valence-electron chi connectivity index (χ0n) is 17.6. The maximum Gasteiger partial charge on any atom is 0.321 e. The SMILES string of the molecule is Cc1ccc(Nc2nc(C)cc(N3CCN(C(=O)Nc4cccc(F)c4)CC3)n2)cc1. The van der Waals surface area contributed by atoms with Gasteiger partial charge in [0.1, 0.15) is 11.6 Å². The molecule has 8 heteroatoms. The largest absolute Gasteiger partial charge is 0.353 e. The summed E-state index contributed by atoms with van der Waals surface area (Å²) in [4.78, 5) is 25.5. The molecule has 2 heterocycles. The van der Waals surface area contributed by atoms with Crippen LogP contribution < -0.4 is 15.5 Å². The Morgan fingerprint density at radius 1 is 0.935 bits per heavy atom. The van der Waals surface area contributed by atoms with E-state index in [4.69, 9.17) is 0 Å². The number of hydrogen-bond donors (Lipinski definition) is 2. The van der Waals surface area contributed by atoms with Crippen molar-refractivity contribution in [3.8, 4) is 0 Å². The molecule has 0 unspecified atom stereocenters. The van der Waals surface area contributed by atoms with Gasteiger partial charge in [0, 0.05) is 49.3 Å². The highest BCUT2D eigenvalue weighted by atomic mass is 19.1. The van der Waals surface area contributed by atoms with Crippen LogP contribution in [0.1, 0.15) is 11.3 Å². The van der Waals surface area contributed by atoms with Crippen molar-refractivity contribution < 1.29 is 9.18 Å². The predicted molar refractivity (Wildman–Crippen MR) is 120 cm³/mol. The number of rotatable bonds is 4. The van der Waals surface area contributed by atoms with E-state index in [0.717, 1.165) is 17.2 Å². The van der Waals surface area contributed by atoms with Crippen molar-refractivity contribution in [2.24, 2.45) is 0 Å². The molecule has 1 aliphatic rings. The number of carbonyl (C=O) groups is 1. The van der Waals surface area contributed by atoms with Gasteiger partial charge in [0.05, 0.1) is 0 Å². The third kappa shape index (κ3) is 5.28. The third-order valence-electron chi connectivity index (χ3n) is 5.12. The first-order chi connectivity index (χ1) is 15.0. The van der Waals surface area contributed by atoms with Crippen molar-refractivity contribution in [2.75, 3.05) is 41.7 Å². The number of piperazine rings is 1. The maximum absolute atomic E-state index is 13.3. The number of nitrogens with zero attached hydrogens (tertiary/aromatic N) is 4. The van der Waals surface area contributed by atoms with Crippen LogP contribution in [0.4, 0.5) is 32.3 Å². The topological polar surface area (TPSA) is 73.4 Å². The molecule has 7 nitrogen and oxygen atoms in total. The first-order valence-electron chi connectivity index (χ1n) is 10.2. The predicted octanol–water partition coefficient (Wildman–Crippen LogP) is 4.33. The summed E-state index contributed by atoms with van der Waals surface area (Å²) in [5.41, 5.74) is 3.44. The van der Waals surface area contributed by atoms with Crippen LogP contribution in [0.15, 0.2) is 54.6 Å². The molecule has 4 rings (SSSR count). The Bertz CT molecular complexity index is 1060. The standard InChI is InChI=1S/C23H25FN6O/c1-16-6-8-19(9-7-16)26-22-25-17(2)14-21(28-22)29-10-12-30(13-11-29)23(31)27-20-5-3-4-18(24)15-20/h3-9,14-15H,10-13H2,1-2H3,(H,27,31)(H,25,26,28). The van der Waals surface area contributed by atoms with Crippen LogP contribution in [0, 0.1) is 19.7 Å². The summed E-state index contributed by atoms with van der Waals surface area (Å²) in [6, 6.07) is 15.7. The highest BCUT2D eigenvalue weighted by Gasteiger charge is 2.22. The molecule has 0 bridgehead atoms. The van der Waals surface area contributed by atoms with E-state index < -0.39 is 0 Å². The Labute approximate surface area is 180 Å². The van der Waals surface area contributed by atoms with Crippen molar-refractivity contribution in [1.29, 1.82) is 0 Å². The number of carbonyl (C=O) groups excluding carboxylic acids is 1. The number of anilines is 4. The lowest BCUT2D eigenvalue weighted by atomic mass is 10.2. The van der Waals surface area contributed by atoms with E-state index in [2.05, 4.69) is 25.5 Å². The van der Waals surface area contributed by atoms with E-state index in [0.29, 0.717) is 37.8 Å². The van der Waals surface area contributed by atoms with Gasteiger partial charge in [-0.25, -0.2) is 14.2 Å². The molecule has 2 aromatic carbocycles. The van der Waals surface area contributed by atoms with E-state index >= 15 is 0 Å². The molecule has 0 spiro atoms. The van der Waals surface area contributed by atoms with Crippen molar-refractivity contribution in [2.45, 2.75) is 13.8 Å². The molecule has 2 N–H and O–H groups in total. The first kappa shape index (κ1) is 20.6. The minimum Gasteiger partial charge on any atom is -0.353 e. The number of nitrogens with one attached hydrogen (secondary N) is 2. The van der Waals surface area contributed by atoms with Gasteiger partial charge in [-0.2, -0.15) is 4.98 Å². The van der Waals surface area contributed by atoms with Crippen molar-refractivity contribution in [3.63, 3.8) is 0 Å². The number of aryl methyl sites for hydroxylation is 2. The molecule has 31 heavy (non-hydrogen) atoms. The van der Waals surface area contributed by atoms with Gasteiger partial charge in [0.15, 0.2) is 0 Å². The molecule has 0 radical (unpaired) electrons. The Balaban J connectivity index is 1.38. The number of hydrogen-bond acceptors (Lipinski definition) is 5. The molecule has 1 saturated heterocycles. The summed E-state index contributed by atoms with van der Waals surface area (Å²) < 4.78 is 13.3. The second-order valence-corrected chi connectivity index (χ2v) is 7.60. The van der Waals surface area contributed by atoms with E-state index in [1.807, 2.05) is 44.2 Å². The number of amides is 2. The fourth-order valence-corrected chi connectivity index (χ4v) is 3.44. The molecule has 0 aliphatic carbocycles. The zero-order chi connectivity index (χ0) is 21.8. The van der Waals surface area contributed by atoms with Crippen LogP contribution in [-0.2, 0) is 0 Å². The van der Waals surface area contributed by atoms with Crippen molar-refractivity contribution >= 4 is 29.2 Å². The summed E-state index contributed by atoms with van der Waals surface area (Å²) in [5.74, 6) is 0.995. The van der Waals surface area contributed by atoms with Crippen LogP contribution in [0.5, 0.6) is 0 Å². The van der Waals surface area contributed by atoms with Gasteiger partial charge in [-0.3, -0.25) is 0 Å².